The number of carboxylic acid groups (broad SMARTS) is 4. The quantitative estimate of drug-likeness (QED) is 0.0210. The molecule has 0 saturated carbocycles. The standard InChI is InChI=1S/C64H102N4O46S.4Na/c1-17-27(65-19(3)71)43(105-63-41(85)37(81)49(53(113-63)57(91)92)109-59-29(67-21(5)73)45(31(75)23(13-69)103-59)107-61-39(83)35(79)47(97-7)51(111-61)55(87)88)33(77)25(101-17)15-99-9-11-115(95,96)12-10-100-16-26-34(78)44(28(18(2)102-26)66-20(4)72)106-64-42(86)38(82)50(54(114-64)58(93)94)110-60-30(68-22(6)74)46(32(76)24(14-70)104-60)108-62-40(84)36(80)48(98-8)52(112-62)56(89)90;;;;/h17-18,23-54,59-64,69-70,75-86H,9-16H2,1-8H3,(H,65,71)(H,66,72)(H,67,73)(H,68,74)(H,87,88)(H,89,90)(H,91,92)(H,93,94);;;;/q;4*+1/p-4/t17-,18+,23?,24?,25?,26?,27?,28?,29?,30?,31?,32?,33?,34?,35?,36?,37?,38?,39?,40?,41?,42?,43?,44?,45?,46?,47?,48?,49?,50?,51?,52?,53?,54?,59?,60?,61?,62?,63?,64?;;;;. The van der Waals surface area contributed by atoms with Crippen molar-refractivity contribution in [3.05, 3.63) is 0 Å². The molecule has 0 radical (unpaired) electrons. The third kappa shape index (κ3) is 26.8. The summed E-state index contributed by atoms with van der Waals surface area (Å²) >= 11 is 0. The van der Waals surface area contributed by atoms with Gasteiger partial charge in [-0.2, -0.15) is 0 Å². The summed E-state index contributed by atoms with van der Waals surface area (Å²) in [6.45, 7) is 2.01. The van der Waals surface area contributed by atoms with Crippen LogP contribution >= 0.6 is 0 Å². The minimum Gasteiger partial charge on any atom is -0.547 e. The second-order valence-corrected chi connectivity index (χ2v) is 30.6. The topological polar surface area (TPSA) is 760 Å². The van der Waals surface area contributed by atoms with E-state index in [0.717, 1.165) is 41.9 Å². The maximum absolute atomic E-state index is 13.4. The number of carbonyl (C=O) groups excluding carboxylic acids is 8. The van der Waals surface area contributed by atoms with E-state index in [-0.39, 0.29) is 118 Å². The van der Waals surface area contributed by atoms with Crippen molar-refractivity contribution in [3.63, 3.8) is 0 Å². The van der Waals surface area contributed by atoms with Crippen LogP contribution in [-0.2, 0) is 133 Å². The minimum atomic E-state index is -4.15. The fourth-order valence-electron chi connectivity index (χ4n) is 14.4. The van der Waals surface area contributed by atoms with Crippen molar-refractivity contribution in [2.75, 3.05) is 65.4 Å². The van der Waals surface area contributed by atoms with Crippen LogP contribution in [0.2, 0.25) is 0 Å². The Morgan fingerprint density at radius 2 is 0.563 bits per heavy atom. The largest absolute Gasteiger partial charge is 1.00 e. The molecule has 660 valence electrons. The van der Waals surface area contributed by atoms with Crippen LogP contribution in [-0.4, -0.2) is 438 Å². The van der Waals surface area contributed by atoms with Gasteiger partial charge in [-0.15, -0.1) is 0 Å². The van der Waals surface area contributed by atoms with Crippen molar-refractivity contribution < 1.29 is 342 Å². The fourth-order valence-corrected chi connectivity index (χ4v) is 15.3. The van der Waals surface area contributed by atoms with Crippen molar-refractivity contribution in [2.24, 2.45) is 0 Å². The number of hydrogen-bond acceptors (Lipinski definition) is 46. The molecule has 50 nitrogen and oxygen atoms in total. The first-order valence-electron chi connectivity index (χ1n) is 35.9. The van der Waals surface area contributed by atoms with Crippen molar-refractivity contribution in [1.29, 1.82) is 0 Å². The number of rotatable bonds is 34. The summed E-state index contributed by atoms with van der Waals surface area (Å²) in [5, 5.41) is 216. The zero-order chi connectivity index (χ0) is 85.4. The summed E-state index contributed by atoms with van der Waals surface area (Å²) in [7, 11) is -2.20. The van der Waals surface area contributed by atoms with E-state index < -0.39 is 354 Å². The van der Waals surface area contributed by atoms with E-state index in [2.05, 4.69) is 21.3 Å². The number of methoxy groups -OCH3 is 2. The van der Waals surface area contributed by atoms with E-state index in [1.807, 2.05) is 0 Å². The predicted molar refractivity (Wildman–Crippen MR) is 348 cm³/mol. The maximum atomic E-state index is 13.4. The minimum absolute atomic E-state index is 0. The summed E-state index contributed by atoms with van der Waals surface area (Å²) in [4.78, 5) is 100. The van der Waals surface area contributed by atoms with E-state index in [4.69, 9.17) is 85.3 Å². The third-order valence-electron chi connectivity index (χ3n) is 20.2. The van der Waals surface area contributed by atoms with Gasteiger partial charge in [0.1, 0.15) is 183 Å². The molecule has 0 spiro atoms. The summed E-state index contributed by atoms with van der Waals surface area (Å²) in [6.07, 6.45) is -73.4. The van der Waals surface area contributed by atoms with E-state index in [9.17, 15) is 139 Å². The van der Waals surface area contributed by atoms with E-state index >= 15 is 0 Å². The molecule has 0 aromatic rings. The van der Waals surface area contributed by atoms with Crippen molar-refractivity contribution in [1.82, 2.24) is 21.3 Å². The second-order valence-electron chi connectivity index (χ2n) is 28.3. The van der Waals surface area contributed by atoms with Gasteiger partial charge in [0.15, 0.2) is 47.6 Å². The molecule has 8 saturated heterocycles. The molecule has 0 aromatic heterocycles. The average Bonchev–Trinajstić information content (AvgIpc) is 0.765. The molecule has 38 unspecified atom stereocenters. The number of amides is 4. The Balaban J connectivity index is 0.00000744. The van der Waals surface area contributed by atoms with Gasteiger partial charge in [-0.25, -0.2) is 8.42 Å². The molecule has 0 aliphatic carbocycles. The van der Waals surface area contributed by atoms with Crippen LogP contribution in [0.25, 0.3) is 0 Å². The molecular weight excluding hydrogens is 1680 g/mol. The Morgan fingerprint density at radius 3 is 0.815 bits per heavy atom. The molecule has 8 heterocycles. The fraction of sp³-hybridized carbons (Fsp3) is 0.875. The molecule has 4 amide bonds. The van der Waals surface area contributed by atoms with Crippen LogP contribution in [0.3, 0.4) is 0 Å². The first-order valence-corrected chi connectivity index (χ1v) is 37.7. The number of hydrogen-bond donors (Lipinski definition) is 18. The number of nitrogens with one attached hydrogen (secondary N) is 4. The van der Waals surface area contributed by atoms with E-state index in [0.29, 0.717) is 0 Å². The Morgan fingerprint density at radius 1 is 0.328 bits per heavy atom. The van der Waals surface area contributed by atoms with Crippen LogP contribution < -0.4 is 160 Å². The van der Waals surface area contributed by atoms with Crippen LogP contribution in [0, 0.1) is 0 Å². The molecule has 0 aromatic carbocycles. The van der Waals surface area contributed by atoms with Gasteiger partial charge in [-0.05, 0) is 13.8 Å². The molecular formula is C64H98N4Na4O46S. The smallest absolute Gasteiger partial charge is 0.547 e. The van der Waals surface area contributed by atoms with Gasteiger partial charge in [0.2, 0.25) is 23.6 Å². The second kappa shape index (κ2) is 48.7. The van der Waals surface area contributed by atoms with E-state index in [1.54, 1.807) is 0 Å². The van der Waals surface area contributed by atoms with Gasteiger partial charge in [-0.3, -0.25) is 19.2 Å². The van der Waals surface area contributed by atoms with Gasteiger partial charge >= 0.3 is 118 Å². The van der Waals surface area contributed by atoms with Crippen LogP contribution in [0.4, 0.5) is 0 Å². The molecule has 0 bridgehead atoms. The Bertz CT molecular complexity index is 3200. The number of aliphatic hydroxyl groups excluding tert-OH is 14. The molecule has 8 fully saturated rings. The predicted octanol–water partition coefficient (Wildman–Crippen LogP) is -32.0. The summed E-state index contributed by atoms with van der Waals surface area (Å²) in [6, 6.07) is -6.58. The SMILES string of the molecule is COC1C(C(=O)[O-])OC(OC2C(O)C(CO)OC(OC3C(C(=O)[O-])OC(OC4C(O)C(COCCS(=O)(=O)CCOCC5O[C@H](C)C(NC(C)=O)C(OC6OC(C(=O)[O-])C(OC7OC(CO)C(O)C(OC8OC(C(=O)[O-])C(OC)C(O)C8O)C7NC(C)=O)C(O)C6O)C5O)O[C@@H](C)C4NC(C)=O)C(O)C3O)C2NC(C)=O)C(O)C1O.[Na+].[Na+].[Na+].[Na+]. The molecule has 40 atom stereocenters. The van der Waals surface area contributed by atoms with Crippen LogP contribution in [0.15, 0.2) is 0 Å². The Hall–Kier alpha value is -1.57. The van der Waals surface area contributed by atoms with Crippen molar-refractivity contribution >= 4 is 57.3 Å². The van der Waals surface area contributed by atoms with Crippen LogP contribution in [0.5, 0.6) is 0 Å². The third-order valence-corrected chi connectivity index (χ3v) is 21.7. The van der Waals surface area contributed by atoms with Gasteiger partial charge < -0.3 is 218 Å². The first-order chi connectivity index (χ1) is 54.0. The molecule has 8 aliphatic rings. The van der Waals surface area contributed by atoms with Gasteiger partial charge in [0.25, 0.3) is 0 Å². The maximum Gasteiger partial charge on any atom is 1.00 e. The van der Waals surface area contributed by atoms with Crippen LogP contribution in [0.1, 0.15) is 41.5 Å². The zero-order valence-electron chi connectivity index (χ0n) is 66.5. The number of carboxylic acids is 4. The summed E-state index contributed by atoms with van der Waals surface area (Å²) in [5.41, 5.74) is 0. The van der Waals surface area contributed by atoms with Gasteiger partial charge in [-0.1, -0.05) is 0 Å². The Labute approximate surface area is 766 Å². The van der Waals surface area contributed by atoms with Crippen molar-refractivity contribution in [2.45, 2.75) is 287 Å². The van der Waals surface area contributed by atoms with Gasteiger partial charge in [0, 0.05) is 41.9 Å². The molecule has 55 heteroatoms. The monoisotopic (exact) mass is 1780 g/mol. The Kier molecular flexibility index (Phi) is 44.9. The zero-order valence-corrected chi connectivity index (χ0v) is 75.3. The molecule has 119 heavy (non-hydrogen) atoms. The molecule has 8 rings (SSSR count). The summed E-state index contributed by atoms with van der Waals surface area (Å²) < 4.78 is 128. The first kappa shape index (κ1) is 110. The summed E-state index contributed by atoms with van der Waals surface area (Å²) in [5.74, 6) is -13.1. The van der Waals surface area contributed by atoms with Crippen molar-refractivity contribution in [3.8, 4) is 0 Å². The number of aliphatic hydroxyl groups is 14. The number of ether oxygens (including phenoxy) is 18. The normalized spacial score (nSPS) is 42.4. The molecule has 18 N–H and O–H groups in total. The number of carbonyl (C=O) groups is 8. The van der Waals surface area contributed by atoms with E-state index in [1.165, 1.54) is 13.8 Å². The average molecular weight is 1780 g/mol. The number of aliphatic carboxylic acids is 4. The van der Waals surface area contributed by atoms with Gasteiger partial charge in [0.05, 0.1) is 99.3 Å². The number of sulfone groups is 1. The molecule has 8 aliphatic heterocycles.